The summed E-state index contributed by atoms with van der Waals surface area (Å²) in [6, 6.07) is 5.63. The predicted molar refractivity (Wildman–Crippen MR) is 66.2 cm³/mol. The molecule has 0 spiro atoms. The first-order chi connectivity index (χ1) is 8.58. The van der Waals surface area contributed by atoms with Crippen LogP contribution >= 0.6 is 0 Å². The number of aryl methyl sites for hydroxylation is 1. The van der Waals surface area contributed by atoms with Crippen LogP contribution in [0.25, 0.3) is 0 Å². The molecule has 0 fully saturated rings. The van der Waals surface area contributed by atoms with Crippen molar-refractivity contribution in [2.45, 2.75) is 20.4 Å². The number of hydrogen-bond donors (Lipinski definition) is 1. The lowest BCUT2D eigenvalue weighted by molar-refractivity contribution is -0.154. The van der Waals surface area contributed by atoms with Gasteiger partial charge in [-0.05, 0) is 19.9 Å². The minimum absolute atomic E-state index is 0.181. The molecule has 0 aliphatic heterocycles. The van der Waals surface area contributed by atoms with Gasteiger partial charge in [-0.1, -0.05) is 17.7 Å². The first-order valence-corrected chi connectivity index (χ1v) is 5.67. The summed E-state index contributed by atoms with van der Waals surface area (Å²) < 4.78 is 9.76. The number of esters is 1. The molecule has 0 aliphatic rings. The molecule has 0 heterocycles. The highest BCUT2D eigenvalue weighted by atomic mass is 16.5. The topological polar surface area (TPSA) is 64.6 Å². The molecule has 1 aromatic rings. The van der Waals surface area contributed by atoms with Crippen LogP contribution in [0.15, 0.2) is 18.2 Å². The van der Waals surface area contributed by atoms with Crippen LogP contribution in [0.4, 0.5) is 0 Å². The third-order valence-electron chi connectivity index (χ3n) is 2.34. The van der Waals surface area contributed by atoms with Crippen molar-refractivity contribution < 1.29 is 19.1 Å². The summed E-state index contributed by atoms with van der Waals surface area (Å²) >= 11 is 0. The van der Waals surface area contributed by atoms with Crippen molar-refractivity contribution in [1.82, 2.24) is 5.32 Å². The van der Waals surface area contributed by atoms with Gasteiger partial charge in [-0.25, -0.2) is 4.79 Å². The third kappa shape index (κ3) is 3.76. The number of carbonyl (C=O) groups excluding carboxylic acids is 2. The molecular formula is C13H17NO4. The Kier molecular flexibility index (Phi) is 5.17. The minimum atomic E-state index is -0.871. The van der Waals surface area contributed by atoms with Gasteiger partial charge in [0.25, 0.3) is 0 Å². The van der Waals surface area contributed by atoms with E-state index in [1.807, 2.05) is 25.1 Å². The Morgan fingerprint density at radius 1 is 1.33 bits per heavy atom. The smallest absolute Gasteiger partial charge is 0.396 e. The van der Waals surface area contributed by atoms with Gasteiger partial charge in [0, 0.05) is 12.1 Å². The van der Waals surface area contributed by atoms with Crippen LogP contribution in [0.1, 0.15) is 18.1 Å². The molecule has 0 bridgehead atoms. The second-order valence-corrected chi connectivity index (χ2v) is 3.72. The van der Waals surface area contributed by atoms with Crippen molar-refractivity contribution >= 4 is 11.9 Å². The highest BCUT2D eigenvalue weighted by Crippen LogP contribution is 2.19. The Bertz CT molecular complexity index is 443. The van der Waals surface area contributed by atoms with Crippen LogP contribution in [0.5, 0.6) is 5.75 Å². The Balaban J connectivity index is 2.65. The zero-order valence-electron chi connectivity index (χ0n) is 10.8. The van der Waals surface area contributed by atoms with Gasteiger partial charge in [0.1, 0.15) is 5.75 Å². The van der Waals surface area contributed by atoms with E-state index in [0.29, 0.717) is 5.75 Å². The van der Waals surface area contributed by atoms with Gasteiger partial charge in [-0.2, -0.15) is 0 Å². The highest BCUT2D eigenvalue weighted by molar-refractivity contribution is 6.32. The minimum Gasteiger partial charge on any atom is -0.496 e. The average Bonchev–Trinajstić information content (AvgIpc) is 2.36. The van der Waals surface area contributed by atoms with E-state index in [9.17, 15) is 9.59 Å². The van der Waals surface area contributed by atoms with E-state index in [1.54, 1.807) is 14.0 Å². The van der Waals surface area contributed by atoms with E-state index in [-0.39, 0.29) is 13.2 Å². The van der Waals surface area contributed by atoms with Crippen molar-refractivity contribution in [3.05, 3.63) is 29.3 Å². The van der Waals surface area contributed by atoms with E-state index in [2.05, 4.69) is 10.1 Å². The lowest BCUT2D eigenvalue weighted by Crippen LogP contribution is -2.32. The van der Waals surface area contributed by atoms with E-state index >= 15 is 0 Å². The molecule has 0 atom stereocenters. The van der Waals surface area contributed by atoms with Crippen LogP contribution in [0, 0.1) is 6.92 Å². The molecule has 0 saturated carbocycles. The van der Waals surface area contributed by atoms with Crippen molar-refractivity contribution in [3.8, 4) is 5.75 Å². The van der Waals surface area contributed by atoms with Crippen molar-refractivity contribution in [3.63, 3.8) is 0 Å². The van der Waals surface area contributed by atoms with Gasteiger partial charge in [-0.3, -0.25) is 4.79 Å². The molecule has 1 amide bonds. The third-order valence-corrected chi connectivity index (χ3v) is 2.34. The summed E-state index contributed by atoms with van der Waals surface area (Å²) in [5, 5.41) is 2.49. The summed E-state index contributed by atoms with van der Waals surface area (Å²) in [7, 11) is 1.56. The van der Waals surface area contributed by atoms with Gasteiger partial charge in [0.05, 0.1) is 13.7 Å². The summed E-state index contributed by atoms with van der Waals surface area (Å²) in [4.78, 5) is 22.5. The van der Waals surface area contributed by atoms with Gasteiger partial charge in [0.2, 0.25) is 0 Å². The van der Waals surface area contributed by atoms with Gasteiger partial charge < -0.3 is 14.8 Å². The standard InChI is InChI=1S/C13H17NO4/c1-4-18-13(16)12(15)14-8-10-7-9(2)5-6-11(10)17-3/h5-7H,4,8H2,1-3H3,(H,14,15). The summed E-state index contributed by atoms with van der Waals surface area (Å²) in [5.74, 6) is -0.950. The molecule has 0 aliphatic carbocycles. The molecule has 1 rings (SSSR count). The van der Waals surface area contributed by atoms with E-state index in [4.69, 9.17) is 4.74 Å². The van der Waals surface area contributed by atoms with E-state index in [0.717, 1.165) is 11.1 Å². The lowest BCUT2D eigenvalue weighted by Gasteiger charge is -2.10. The predicted octanol–water partition coefficient (Wildman–Crippen LogP) is 1.18. The second kappa shape index (κ2) is 6.64. The number of benzene rings is 1. The molecule has 98 valence electrons. The van der Waals surface area contributed by atoms with E-state index in [1.165, 1.54) is 0 Å². The fourth-order valence-electron chi connectivity index (χ4n) is 1.49. The van der Waals surface area contributed by atoms with Crippen LogP contribution < -0.4 is 10.1 Å². The maximum Gasteiger partial charge on any atom is 0.396 e. The number of carbonyl (C=O) groups is 2. The first kappa shape index (κ1) is 14.0. The number of hydrogen-bond acceptors (Lipinski definition) is 4. The van der Waals surface area contributed by atoms with Crippen molar-refractivity contribution in [2.75, 3.05) is 13.7 Å². The van der Waals surface area contributed by atoms with Crippen LogP contribution in [-0.2, 0) is 20.9 Å². The van der Waals surface area contributed by atoms with Gasteiger partial charge in [-0.15, -0.1) is 0 Å². The van der Waals surface area contributed by atoms with Crippen LogP contribution in [0.2, 0.25) is 0 Å². The number of rotatable bonds is 4. The number of amides is 1. The zero-order chi connectivity index (χ0) is 13.5. The Hall–Kier alpha value is -2.04. The molecular weight excluding hydrogens is 234 g/mol. The molecule has 5 nitrogen and oxygen atoms in total. The lowest BCUT2D eigenvalue weighted by atomic mass is 10.1. The Labute approximate surface area is 106 Å². The second-order valence-electron chi connectivity index (χ2n) is 3.72. The monoisotopic (exact) mass is 251 g/mol. The molecule has 0 unspecified atom stereocenters. The first-order valence-electron chi connectivity index (χ1n) is 5.67. The number of ether oxygens (including phenoxy) is 2. The maximum absolute atomic E-state index is 11.4. The summed E-state index contributed by atoms with van der Waals surface area (Å²) in [5.41, 5.74) is 1.87. The van der Waals surface area contributed by atoms with Crippen LogP contribution in [0.3, 0.4) is 0 Å². The molecule has 0 saturated heterocycles. The molecule has 1 N–H and O–H groups in total. The average molecular weight is 251 g/mol. The Morgan fingerprint density at radius 2 is 2.06 bits per heavy atom. The molecule has 18 heavy (non-hydrogen) atoms. The zero-order valence-corrected chi connectivity index (χ0v) is 10.8. The fourth-order valence-corrected chi connectivity index (χ4v) is 1.49. The largest absolute Gasteiger partial charge is 0.496 e. The van der Waals surface area contributed by atoms with Gasteiger partial charge in [0.15, 0.2) is 0 Å². The normalized spacial score (nSPS) is 9.72. The molecule has 5 heteroatoms. The van der Waals surface area contributed by atoms with Crippen molar-refractivity contribution in [2.24, 2.45) is 0 Å². The van der Waals surface area contributed by atoms with Crippen LogP contribution in [-0.4, -0.2) is 25.6 Å². The SMILES string of the molecule is CCOC(=O)C(=O)NCc1cc(C)ccc1OC. The molecule has 0 aromatic heterocycles. The summed E-state index contributed by atoms with van der Waals surface area (Å²) in [6.45, 7) is 3.99. The maximum atomic E-state index is 11.4. The molecule has 0 radical (unpaired) electrons. The molecule has 1 aromatic carbocycles. The van der Waals surface area contributed by atoms with E-state index < -0.39 is 11.9 Å². The summed E-state index contributed by atoms with van der Waals surface area (Å²) in [6.07, 6.45) is 0. The fraction of sp³-hybridized carbons (Fsp3) is 0.385. The number of methoxy groups -OCH3 is 1. The Morgan fingerprint density at radius 3 is 2.67 bits per heavy atom. The van der Waals surface area contributed by atoms with Crippen molar-refractivity contribution in [1.29, 1.82) is 0 Å². The highest BCUT2D eigenvalue weighted by Gasteiger charge is 2.14. The van der Waals surface area contributed by atoms with Gasteiger partial charge >= 0.3 is 11.9 Å². The number of nitrogens with one attached hydrogen (secondary N) is 1. The quantitative estimate of drug-likeness (QED) is 0.644.